The van der Waals surface area contributed by atoms with Crippen molar-refractivity contribution < 1.29 is 56.3 Å². The predicted octanol–water partition coefficient (Wildman–Crippen LogP) is 5.69. The molecule has 2 fully saturated rings. The van der Waals surface area contributed by atoms with Crippen molar-refractivity contribution in [1.82, 2.24) is 20.4 Å². The summed E-state index contributed by atoms with van der Waals surface area (Å²) in [6.07, 6.45) is -0.802. The summed E-state index contributed by atoms with van der Waals surface area (Å²) in [5.74, 6) is -3.59. The van der Waals surface area contributed by atoms with Crippen LogP contribution in [-0.4, -0.2) is 88.0 Å². The highest BCUT2D eigenvalue weighted by Crippen LogP contribution is 2.43. The van der Waals surface area contributed by atoms with Crippen molar-refractivity contribution in [2.75, 3.05) is 13.2 Å². The van der Waals surface area contributed by atoms with E-state index >= 15 is 0 Å². The van der Waals surface area contributed by atoms with E-state index in [4.69, 9.17) is 9.47 Å². The lowest BCUT2D eigenvalue weighted by Crippen LogP contribution is -2.42. The summed E-state index contributed by atoms with van der Waals surface area (Å²) >= 11 is 0. The average Bonchev–Trinajstić information content (AvgIpc) is 3.84. The zero-order valence-corrected chi connectivity index (χ0v) is 34.3. The molecule has 4 aromatic rings. The SMILES string of the molecule is Cc1cccc(S(=O)(=O)[C@@]2(C)CCO[C@H](c3cc(S(=O)(=O)C(C)F)n[nH]3)C2)c1.Cc1cccc(S(=O)(=O)[C@]2(C)CCO[C@@H](c3cc(S(=O)(=O)C(F)F)n[nH]3)C2)c1. The first-order valence-corrected chi connectivity index (χ1v) is 23.4. The number of alkyl halides is 3. The molecule has 56 heavy (non-hydrogen) atoms. The number of halogens is 3. The molecule has 21 heteroatoms. The fourth-order valence-electron chi connectivity index (χ4n) is 6.48. The summed E-state index contributed by atoms with van der Waals surface area (Å²) in [5, 5.41) is 10.9. The molecule has 0 aliphatic carbocycles. The standard InChI is InChI=1S/C18H23FN2O5S2.C17H20F2N2O5S2/c1-12-5-4-6-14(9-12)28(24,25)18(3)7-8-26-16(11-18)15-10-17(21-20-15)27(22,23)13(2)19;1-11-4-3-5-12(8-11)28(24,25)17(2)6-7-26-14(10-17)13-9-15(21-20-13)27(22,23)16(18)19/h4-6,9-10,13,16H,7-8,11H2,1-3H3,(H,20,21);3-5,8-9,14,16H,6-7,10H2,1-2H3,(H,20,21)/t13?,16-,18-;14-,17-/m01/s1. The Hall–Kier alpha value is -3.63. The van der Waals surface area contributed by atoms with E-state index in [-0.39, 0.29) is 48.0 Å². The van der Waals surface area contributed by atoms with E-state index < -0.39 is 82.4 Å². The molecule has 2 aliphatic rings. The first-order valence-electron chi connectivity index (χ1n) is 17.3. The Balaban J connectivity index is 0.000000214. The third-order valence-electron chi connectivity index (χ3n) is 10.1. The number of nitrogens with one attached hydrogen (secondary N) is 2. The predicted molar refractivity (Wildman–Crippen MR) is 198 cm³/mol. The van der Waals surface area contributed by atoms with Gasteiger partial charge in [-0.3, -0.25) is 10.2 Å². The van der Waals surface area contributed by atoms with Gasteiger partial charge in [-0.15, -0.1) is 0 Å². The number of hydrogen-bond acceptors (Lipinski definition) is 12. The number of ether oxygens (including phenoxy) is 2. The summed E-state index contributed by atoms with van der Waals surface area (Å²) in [7, 11) is -16.4. The van der Waals surface area contributed by atoms with Crippen molar-refractivity contribution in [1.29, 1.82) is 0 Å². The minimum absolute atomic E-state index is 0.0274. The lowest BCUT2D eigenvalue weighted by Gasteiger charge is -2.37. The van der Waals surface area contributed by atoms with Crippen molar-refractivity contribution in [3.63, 3.8) is 0 Å². The smallest absolute Gasteiger partial charge is 0.342 e. The quantitative estimate of drug-likeness (QED) is 0.197. The average molecular weight is 865 g/mol. The monoisotopic (exact) mass is 864 g/mol. The van der Waals surface area contributed by atoms with E-state index in [0.29, 0.717) is 12.1 Å². The number of benzene rings is 2. The third kappa shape index (κ3) is 8.47. The highest BCUT2D eigenvalue weighted by atomic mass is 32.2. The molecule has 0 amide bonds. The second kappa shape index (κ2) is 16.0. The molecule has 2 aromatic carbocycles. The molecule has 2 aliphatic heterocycles. The molecule has 0 saturated carbocycles. The van der Waals surface area contributed by atoms with Crippen molar-refractivity contribution in [3.8, 4) is 0 Å². The number of nitrogens with zero attached hydrogens (tertiary/aromatic N) is 2. The van der Waals surface area contributed by atoms with Crippen LogP contribution < -0.4 is 0 Å². The molecule has 4 heterocycles. The number of aryl methyl sites for hydroxylation is 2. The van der Waals surface area contributed by atoms with Crippen LogP contribution in [0.5, 0.6) is 0 Å². The Labute approximate surface area is 324 Å². The van der Waals surface area contributed by atoms with Crippen molar-refractivity contribution in [3.05, 3.63) is 83.2 Å². The highest BCUT2D eigenvalue weighted by molar-refractivity contribution is 7.93. The van der Waals surface area contributed by atoms with Gasteiger partial charge < -0.3 is 9.47 Å². The maximum Gasteiger partial charge on any atom is 0.342 e. The summed E-state index contributed by atoms with van der Waals surface area (Å²) < 4.78 is 148. The van der Waals surface area contributed by atoms with Gasteiger partial charge in [0.05, 0.1) is 30.7 Å². The molecule has 1 unspecified atom stereocenters. The number of H-pyrrole nitrogens is 2. The molecule has 5 atom stereocenters. The summed E-state index contributed by atoms with van der Waals surface area (Å²) in [5.41, 5.74) is 0.0119. The minimum Gasteiger partial charge on any atom is -0.372 e. The van der Waals surface area contributed by atoms with Gasteiger partial charge in [-0.25, -0.2) is 38.1 Å². The maximum atomic E-state index is 13.4. The largest absolute Gasteiger partial charge is 0.372 e. The topological polar surface area (TPSA) is 212 Å². The van der Waals surface area contributed by atoms with E-state index in [0.717, 1.165) is 24.1 Å². The van der Waals surface area contributed by atoms with Gasteiger partial charge in [0.25, 0.3) is 9.84 Å². The normalized spacial score (nSPS) is 24.3. The number of aromatic amines is 2. The Kier molecular flexibility index (Phi) is 12.4. The Morgan fingerprint density at radius 3 is 1.41 bits per heavy atom. The van der Waals surface area contributed by atoms with Gasteiger partial charge in [0.1, 0.15) is 12.2 Å². The fraction of sp³-hybridized carbons (Fsp3) is 0.486. The van der Waals surface area contributed by atoms with Crippen molar-refractivity contribution in [2.24, 2.45) is 0 Å². The molecule has 0 spiro atoms. The van der Waals surface area contributed by atoms with Gasteiger partial charge in [0.2, 0.25) is 15.3 Å². The Morgan fingerprint density at radius 1 is 0.661 bits per heavy atom. The molecule has 2 saturated heterocycles. The molecular weight excluding hydrogens is 822 g/mol. The van der Waals surface area contributed by atoms with E-state index in [1.165, 1.54) is 12.1 Å². The maximum absolute atomic E-state index is 13.4. The molecule has 2 N–H and O–H groups in total. The van der Waals surface area contributed by atoms with Crippen molar-refractivity contribution in [2.45, 2.75) is 113 Å². The molecular formula is C35H43F3N4O10S4. The first kappa shape index (κ1) is 43.5. The molecule has 2 aromatic heterocycles. The van der Waals surface area contributed by atoms with Gasteiger partial charge in [-0.1, -0.05) is 24.3 Å². The number of sulfone groups is 4. The van der Waals surface area contributed by atoms with Crippen LogP contribution in [0.4, 0.5) is 13.2 Å². The molecule has 6 rings (SSSR count). The highest BCUT2D eigenvalue weighted by Gasteiger charge is 2.47. The Bertz CT molecular complexity index is 2340. The second-order valence-electron chi connectivity index (χ2n) is 14.4. The lowest BCUT2D eigenvalue weighted by atomic mass is 9.95. The van der Waals surface area contributed by atoms with E-state index in [9.17, 15) is 46.8 Å². The van der Waals surface area contributed by atoms with E-state index in [1.54, 1.807) is 57.2 Å². The van der Waals surface area contributed by atoms with Crippen LogP contribution in [-0.2, 0) is 48.8 Å². The van der Waals surface area contributed by atoms with Gasteiger partial charge in [0.15, 0.2) is 29.7 Å². The third-order valence-corrected chi connectivity index (χ3v) is 18.1. The zero-order chi connectivity index (χ0) is 41.5. The lowest BCUT2D eigenvalue weighted by molar-refractivity contribution is -0.00231. The number of hydrogen-bond donors (Lipinski definition) is 2. The minimum atomic E-state index is -4.85. The zero-order valence-electron chi connectivity index (χ0n) is 31.1. The van der Waals surface area contributed by atoms with E-state index in [1.807, 2.05) is 13.0 Å². The van der Waals surface area contributed by atoms with Crippen LogP contribution in [0.25, 0.3) is 0 Å². The van der Waals surface area contributed by atoms with Gasteiger partial charge in [0, 0.05) is 25.3 Å². The summed E-state index contributed by atoms with van der Waals surface area (Å²) in [6, 6.07) is 15.5. The first-order chi connectivity index (χ1) is 25.9. The second-order valence-corrected chi connectivity index (χ2v) is 23.3. The molecule has 308 valence electrons. The van der Waals surface area contributed by atoms with Gasteiger partial charge in [-0.05, 0) is 95.7 Å². The van der Waals surface area contributed by atoms with Crippen LogP contribution in [0.2, 0.25) is 0 Å². The molecule has 14 nitrogen and oxygen atoms in total. The van der Waals surface area contributed by atoms with Crippen LogP contribution in [0, 0.1) is 13.8 Å². The molecule has 0 radical (unpaired) electrons. The Morgan fingerprint density at radius 2 is 1.05 bits per heavy atom. The van der Waals surface area contributed by atoms with Crippen LogP contribution in [0.15, 0.2) is 80.5 Å². The van der Waals surface area contributed by atoms with Crippen molar-refractivity contribution >= 4 is 39.3 Å². The van der Waals surface area contributed by atoms with Gasteiger partial charge >= 0.3 is 5.76 Å². The van der Waals surface area contributed by atoms with Crippen LogP contribution in [0.3, 0.4) is 0 Å². The fourth-order valence-corrected chi connectivity index (χ4v) is 11.7. The van der Waals surface area contributed by atoms with Crippen LogP contribution >= 0.6 is 0 Å². The number of rotatable bonds is 10. The number of aromatic nitrogens is 4. The summed E-state index contributed by atoms with van der Waals surface area (Å²) in [4.78, 5) is 0.441. The van der Waals surface area contributed by atoms with Crippen LogP contribution in [0.1, 0.15) is 81.2 Å². The summed E-state index contributed by atoms with van der Waals surface area (Å²) in [6.45, 7) is 8.11. The molecule has 0 bridgehead atoms. The van der Waals surface area contributed by atoms with E-state index in [2.05, 4.69) is 20.4 Å². The van der Waals surface area contributed by atoms with Gasteiger partial charge in [-0.2, -0.15) is 19.0 Å².